The molecule has 1 aliphatic heterocycles. The molecule has 0 N–H and O–H groups in total. The smallest absolute Gasteiger partial charge is 0.410 e. The van der Waals surface area contributed by atoms with E-state index < -0.39 is 0 Å². The van der Waals surface area contributed by atoms with E-state index in [0.717, 1.165) is 19.3 Å². The van der Waals surface area contributed by atoms with Crippen molar-refractivity contribution < 1.29 is 9.53 Å². The Hall–Kier alpha value is -1.25. The van der Waals surface area contributed by atoms with Gasteiger partial charge < -0.3 is 4.74 Å². The molecule has 1 aliphatic carbocycles. The second-order valence-corrected chi connectivity index (χ2v) is 5.36. The van der Waals surface area contributed by atoms with E-state index in [-0.39, 0.29) is 17.7 Å². The normalized spacial score (nSPS) is 35.7. The lowest BCUT2D eigenvalue weighted by Gasteiger charge is -2.50. The van der Waals surface area contributed by atoms with E-state index in [1.54, 1.807) is 6.08 Å². The number of hydrogen-bond donors (Lipinski definition) is 0. The van der Waals surface area contributed by atoms with Crippen molar-refractivity contribution in [2.24, 2.45) is 5.92 Å². The standard InChI is InChI=1S/C15H23NO2/c1-4-6-9-15-10-7-8-13(15)12(3)18-14(17)16(15)11-5-2/h4-6,12-13H,2,7-11H2,1,3H3/b6-4+/t12-,13-,15-/m1/s1. The van der Waals surface area contributed by atoms with Gasteiger partial charge in [-0.05, 0) is 33.1 Å². The SMILES string of the molecule is C=CCN1C(=O)O[C@H](C)[C@H]2CCC[C@]21C/C=C/C. The molecule has 1 heterocycles. The molecule has 0 radical (unpaired) electrons. The van der Waals surface area contributed by atoms with Crippen LogP contribution in [0.25, 0.3) is 0 Å². The predicted octanol–water partition coefficient (Wildman–Crippen LogP) is 3.52. The number of ether oxygens (including phenoxy) is 1. The minimum atomic E-state index is -0.176. The average molecular weight is 249 g/mol. The fourth-order valence-corrected chi connectivity index (χ4v) is 3.65. The number of carbonyl (C=O) groups is 1. The Bertz CT molecular complexity index is 364. The van der Waals surface area contributed by atoms with Crippen LogP contribution >= 0.6 is 0 Å². The van der Waals surface area contributed by atoms with E-state index in [0.29, 0.717) is 12.5 Å². The van der Waals surface area contributed by atoms with Gasteiger partial charge in [0, 0.05) is 12.5 Å². The highest BCUT2D eigenvalue weighted by atomic mass is 16.6. The average Bonchev–Trinajstić information content (AvgIpc) is 2.77. The Labute approximate surface area is 109 Å². The van der Waals surface area contributed by atoms with Crippen molar-refractivity contribution in [1.82, 2.24) is 4.90 Å². The first-order chi connectivity index (χ1) is 8.65. The van der Waals surface area contributed by atoms with Crippen LogP contribution in [-0.4, -0.2) is 29.2 Å². The highest BCUT2D eigenvalue weighted by Crippen LogP contribution is 2.48. The maximum atomic E-state index is 12.1. The van der Waals surface area contributed by atoms with Gasteiger partial charge in [-0.1, -0.05) is 24.6 Å². The lowest BCUT2D eigenvalue weighted by molar-refractivity contribution is -0.0662. The van der Waals surface area contributed by atoms with Gasteiger partial charge >= 0.3 is 6.09 Å². The molecule has 1 saturated carbocycles. The van der Waals surface area contributed by atoms with Crippen molar-refractivity contribution in [2.45, 2.75) is 51.2 Å². The van der Waals surface area contributed by atoms with Crippen LogP contribution in [0.4, 0.5) is 4.79 Å². The molecule has 2 fully saturated rings. The van der Waals surface area contributed by atoms with Crippen LogP contribution in [0.3, 0.4) is 0 Å². The molecule has 1 saturated heterocycles. The van der Waals surface area contributed by atoms with Crippen LogP contribution in [0.1, 0.15) is 39.5 Å². The van der Waals surface area contributed by atoms with Crippen LogP contribution in [0.5, 0.6) is 0 Å². The summed E-state index contributed by atoms with van der Waals surface area (Å²) in [5.74, 6) is 0.450. The van der Waals surface area contributed by atoms with Crippen LogP contribution in [0, 0.1) is 5.92 Å². The third kappa shape index (κ3) is 1.96. The molecule has 100 valence electrons. The largest absolute Gasteiger partial charge is 0.446 e. The summed E-state index contributed by atoms with van der Waals surface area (Å²) >= 11 is 0. The van der Waals surface area contributed by atoms with E-state index in [2.05, 4.69) is 18.7 Å². The van der Waals surface area contributed by atoms with E-state index in [1.807, 2.05) is 18.7 Å². The van der Waals surface area contributed by atoms with Gasteiger partial charge in [0.05, 0.1) is 5.54 Å². The third-order valence-corrected chi connectivity index (χ3v) is 4.45. The molecular formula is C15H23NO2. The molecule has 3 heteroatoms. The molecule has 0 unspecified atom stereocenters. The van der Waals surface area contributed by atoms with Crippen molar-refractivity contribution in [1.29, 1.82) is 0 Å². The summed E-state index contributed by atoms with van der Waals surface area (Å²) in [7, 11) is 0. The number of rotatable bonds is 4. The first kappa shape index (κ1) is 13.2. The first-order valence-corrected chi connectivity index (χ1v) is 6.86. The van der Waals surface area contributed by atoms with Crippen LogP contribution in [0.2, 0.25) is 0 Å². The highest BCUT2D eigenvalue weighted by Gasteiger charge is 2.54. The molecule has 2 aliphatic rings. The van der Waals surface area contributed by atoms with Crippen LogP contribution in [-0.2, 0) is 4.74 Å². The summed E-state index contributed by atoms with van der Waals surface area (Å²) in [6, 6.07) is 0. The molecule has 18 heavy (non-hydrogen) atoms. The fourth-order valence-electron chi connectivity index (χ4n) is 3.65. The zero-order chi connectivity index (χ0) is 13.2. The fraction of sp³-hybridized carbons (Fsp3) is 0.667. The predicted molar refractivity (Wildman–Crippen MR) is 72.3 cm³/mol. The Morgan fingerprint density at radius 2 is 2.39 bits per heavy atom. The number of cyclic esters (lactones) is 1. The quantitative estimate of drug-likeness (QED) is 0.713. The van der Waals surface area contributed by atoms with Gasteiger partial charge in [0.1, 0.15) is 6.10 Å². The molecule has 3 nitrogen and oxygen atoms in total. The Morgan fingerprint density at radius 1 is 1.61 bits per heavy atom. The van der Waals surface area contributed by atoms with Gasteiger partial charge in [-0.2, -0.15) is 0 Å². The third-order valence-electron chi connectivity index (χ3n) is 4.45. The minimum Gasteiger partial charge on any atom is -0.446 e. The minimum absolute atomic E-state index is 0.0336. The number of carbonyl (C=O) groups excluding carboxylic acids is 1. The summed E-state index contributed by atoms with van der Waals surface area (Å²) in [5, 5.41) is 0. The van der Waals surface area contributed by atoms with Crippen molar-refractivity contribution in [2.75, 3.05) is 6.54 Å². The zero-order valence-electron chi connectivity index (χ0n) is 11.4. The molecule has 2 rings (SSSR count). The molecule has 0 bridgehead atoms. The van der Waals surface area contributed by atoms with E-state index in [4.69, 9.17) is 4.74 Å². The summed E-state index contributed by atoms with van der Waals surface area (Å²) in [4.78, 5) is 14.0. The van der Waals surface area contributed by atoms with Crippen LogP contribution in [0.15, 0.2) is 24.8 Å². The number of fused-ring (bicyclic) bond motifs is 1. The molecule has 0 aromatic carbocycles. The second-order valence-electron chi connectivity index (χ2n) is 5.36. The van der Waals surface area contributed by atoms with E-state index in [9.17, 15) is 4.79 Å². The van der Waals surface area contributed by atoms with Gasteiger partial charge in [-0.3, -0.25) is 4.90 Å². The van der Waals surface area contributed by atoms with Gasteiger partial charge in [0.2, 0.25) is 0 Å². The second kappa shape index (κ2) is 5.17. The van der Waals surface area contributed by atoms with Gasteiger partial charge in [-0.25, -0.2) is 4.79 Å². The molecule has 0 spiro atoms. The van der Waals surface area contributed by atoms with Crippen molar-refractivity contribution in [3.63, 3.8) is 0 Å². The van der Waals surface area contributed by atoms with Crippen molar-refractivity contribution in [3.8, 4) is 0 Å². The van der Waals surface area contributed by atoms with E-state index in [1.165, 1.54) is 6.42 Å². The van der Waals surface area contributed by atoms with Crippen LogP contribution < -0.4 is 0 Å². The van der Waals surface area contributed by atoms with Gasteiger partial charge in [0.15, 0.2) is 0 Å². The summed E-state index contributed by atoms with van der Waals surface area (Å²) < 4.78 is 5.49. The monoisotopic (exact) mass is 249 g/mol. The van der Waals surface area contributed by atoms with Gasteiger partial charge in [0.25, 0.3) is 0 Å². The first-order valence-electron chi connectivity index (χ1n) is 6.86. The molecular weight excluding hydrogens is 226 g/mol. The molecule has 1 amide bonds. The highest BCUT2D eigenvalue weighted by molar-refractivity contribution is 5.70. The summed E-state index contributed by atoms with van der Waals surface area (Å²) in [5.41, 5.74) is -0.0462. The Kier molecular flexibility index (Phi) is 3.79. The number of nitrogens with zero attached hydrogens (tertiary/aromatic N) is 1. The topological polar surface area (TPSA) is 29.5 Å². The number of amides is 1. The van der Waals surface area contributed by atoms with Crippen molar-refractivity contribution in [3.05, 3.63) is 24.8 Å². The summed E-state index contributed by atoms with van der Waals surface area (Å²) in [6.07, 6.45) is 10.2. The Balaban J connectivity index is 2.35. The molecule has 0 aromatic rings. The maximum absolute atomic E-state index is 12.1. The lowest BCUT2D eigenvalue weighted by atomic mass is 9.78. The number of allylic oxidation sites excluding steroid dienone is 1. The zero-order valence-corrected chi connectivity index (χ0v) is 11.4. The Morgan fingerprint density at radius 3 is 3.06 bits per heavy atom. The van der Waals surface area contributed by atoms with Crippen molar-refractivity contribution >= 4 is 6.09 Å². The maximum Gasteiger partial charge on any atom is 0.410 e. The number of hydrogen-bond acceptors (Lipinski definition) is 2. The molecule has 3 atom stereocenters. The van der Waals surface area contributed by atoms with E-state index >= 15 is 0 Å². The summed E-state index contributed by atoms with van der Waals surface area (Å²) in [6.45, 7) is 8.41. The lowest BCUT2D eigenvalue weighted by Crippen LogP contribution is -2.61. The van der Waals surface area contributed by atoms with Gasteiger partial charge in [-0.15, -0.1) is 6.58 Å². The molecule has 0 aromatic heterocycles.